The summed E-state index contributed by atoms with van der Waals surface area (Å²) < 4.78 is 26.4. The van der Waals surface area contributed by atoms with Gasteiger partial charge in [0.1, 0.15) is 0 Å². The van der Waals surface area contributed by atoms with Crippen molar-refractivity contribution in [1.82, 2.24) is 3.97 Å². The number of para-hydroxylation sites is 2. The first-order chi connectivity index (χ1) is 12.9. The van der Waals surface area contributed by atoms with Crippen LogP contribution in [-0.4, -0.2) is 18.3 Å². The van der Waals surface area contributed by atoms with Crippen LogP contribution < -0.4 is 11.1 Å². The SMILES string of the molecule is Cc1ccc(S(=O)(=O)n2ccc(/C=C/C(=O)Nc3ccccc3N)c2)cc1. The van der Waals surface area contributed by atoms with Gasteiger partial charge in [0.15, 0.2) is 0 Å². The van der Waals surface area contributed by atoms with Crippen molar-refractivity contribution < 1.29 is 13.2 Å². The number of aryl methyl sites for hydroxylation is 1. The quantitative estimate of drug-likeness (QED) is 0.524. The van der Waals surface area contributed by atoms with Gasteiger partial charge in [0.05, 0.1) is 16.3 Å². The van der Waals surface area contributed by atoms with E-state index in [0.29, 0.717) is 16.9 Å². The molecule has 3 aromatic rings. The van der Waals surface area contributed by atoms with Crippen molar-refractivity contribution in [3.63, 3.8) is 0 Å². The largest absolute Gasteiger partial charge is 0.397 e. The number of carbonyl (C=O) groups excluding carboxylic acids is 1. The molecular formula is C20H19N3O3S. The maximum Gasteiger partial charge on any atom is 0.267 e. The Balaban J connectivity index is 1.74. The predicted molar refractivity (Wildman–Crippen MR) is 107 cm³/mol. The zero-order valence-corrected chi connectivity index (χ0v) is 15.5. The molecule has 3 rings (SSSR count). The van der Waals surface area contributed by atoms with Gasteiger partial charge in [-0.1, -0.05) is 29.8 Å². The van der Waals surface area contributed by atoms with Gasteiger partial charge in [-0.3, -0.25) is 4.79 Å². The predicted octanol–water partition coefficient (Wildman–Crippen LogP) is 3.27. The summed E-state index contributed by atoms with van der Waals surface area (Å²) in [6.07, 6.45) is 5.76. The average molecular weight is 381 g/mol. The number of benzene rings is 2. The van der Waals surface area contributed by atoms with E-state index in [1.165, 1.54) is 24.5 Å². The van der Waals surface area contributed by atoms with E-state index in [9.17, 15) is 13.2 Å². The standard InChI is InChI=1S/C20H19N3O3S/c1-15-6-9-17(10-7-15)27(25,26)23-13-12-16(14-23)8-11-20(24)22-19-5-3-2-4-18(19)21/h2-14H,21H2,1H3,(H,22,24)/b11-8+. The molecule has 7 heteroatoms. The molecule has 0 unspecified atom stereocenters. The van der Waals surface area contributed by atoms with Gasteiger partial charge in [-0.15, -0.1) is 0 Å². The fraction of sp³-hybridized carbons (Fsp3) is 0.0500. The lowest BCUT2D eigenvalue weighted by molar-refractivity contribution is -0.111. The molecule has 1 amide bonds. The Hall–Kier alpha value is -3.32. The van der Waals surface area contributed by atoms with Crippen LogP contribution in [0.15, 0.2) is 78.0 Å². The molecule has 0 saturated carbocycles. The van der Waals surface area contributed by atoms with Gasteiger partial charge in [-0.2, -0.15) is 0 Å². The van der Waals surface area contributed by atoms with E-state index < -0.39 is 10.0 Å². The smallest absolute Gasteiger partial charge is 0.267 e. The van der Waals surface area contributed by atoms with Gasteiger partial charge in [0.25, 0.3) is 10.0 Å². The lowest BCUT2D eigenvalue weighted by Gasteiger charge is -2.05. The first-order valence-electron chi connectivity index (χ1n) is 8.20. The van der Waals surface area contributed by atoms with Crippen LogP contribution >= 0.6 is 0 Å². The third-order valence-electron chi connectivity index (χ3n) is 3.93. The van der Waals surface area contributed by atoms with E-state index in [1.807, 2.05) is 6.92 Å². The summed E-state index contributed by atoms with van der Waals surface area (Å²) in [5.74, 6) is -0.359. The van der Waals surface area contributed by atoms with Gasteiger partial charge >= 0.3 is 0 Å². The highest BCUT2D eigenvalue weighted by atomic mass is 32.2. The van der Waals surface area contributed by atoms with Crippen molar-refractivity contribution in [2.45, 2.75) is 11.8 Å². The molecule has 27 heavy (non-hydrogen) atoms. The van der Waals surface area contributed by atoms with Crippen LogP contribution in [0.4, 0.5) is 11.4 Å². The number of nitrogens with one attached hydrogen (secondary N) is 1. The second kappa shape index (κ2) is 7.51. The highest BCUT2D eigenvalue weighted by Gasteiger charge is 2.16. The molecule has 1 aromatic heterocycles. The maximum atomic E-state index is 12.6. The van der Waals surface area contributed by atoms with Crippen LogP contribution in [0.1, 0.15) is 11.1 Å². The summed E-state index contributed by atoms with van der Waals surface area (Å²) in [6, 6.07) is 15.2. The van der Waals surface area contributed by atoms with Crippen molar-refractivity contribution >= 4 is 33.4 Å². The molecule has 0 atom stereocenters. The summed E-state index contributed by atoms with van der Waals surface area (Å²) in [5.41, 5.74) is 8.34. The third-order valence-corrected chi connectivity index (χ3v) is 5.58. The van der Waals surface area contributed by atoms with Crippen molar-refractivity contribution in [1.29, 1.82) is 0 Å². The Morgan fingerprint density at radius 2 is 1.78 bits per heavy atom. The topological polar surface area (TPSA) is 94.2 Å². The molecule has 138 valence electrons. The molecule has 0 spiro atoms. The Labute approximate surface area is 158 Å². The molecule has 6 nitrogen and oxygen atoms in total. The first-order valence-corrected chi connectivity index (χ1v) is 9.64. The fourth-order valence-electron chi connectivity index (χ4n) is 2.43. The summed E-state index contributed by atoms with van der Waals surface area (Å²) in [6.45, 7) is 1.89. The molecule has 0 aliphatic rings. The molecular weight excluding hydrogens is 362 g/mol. The number of rotatable bonds is 5. The van der Waals surface area contributed by atoms with Crippen LogP contribution in [0, 0.1) is 6.92 Å². The minimum Gasteiger partial charge on any atom is -0.397 e. The van der Waals surface area contributed by atoms with Crippen LogP contribution in [0.2, 0.25) is 0 Å². The van der Waals surface area contributed by atoms with Crippen molar-refractivity contribution in [2.24, 2.45) is 0 Å². The molecule has 2 aromatic carbocycles. The molecule has 0 bridgehead atoms. The van der Waals surface area contributed by atoms with Crippen LogP contribution in [0.5, 0.6) is 0 Å². The molecule has 0 saturated heterocycles. The highest BCUT2D eigenvalue weighted by Crippen LogP contribution is 2.18. The summed E-state index contributed by atoms with van der Waals surface area (Å²) >= 11 is 0. The summed E-state index contributed by atoms with van der Waals surface area (Å²) in [5, 5.41) is 2.67. The highest BCUT2D eigenvalue weighted by molar-refractivity contribution is 7.90. The number of hydrogen-bond acceptors (Lipinski definition) is 4. The first kappa shape index (κ1) is 18.5. The van der Waals surface area contributed by atoms with Gasteiger partial charge in [-0.05, 0) is 48.9 Å². The number of anilines is 2. The number of nitrogens with zero attached hydrogens (tertiary/aromatic N) is 1. The molecule has 0 fully saturated rings. The van der Waals surface area contributed by atoms with E-state index in [1.54, 1.807) is 54.6 Å². The molecule has 0 aliphatic carbocycles. The van der Waals surface area contributed by atoms with Crippen LogP contribution in [0.25, 0.3) is 6.08 Å². The zero-order valence-electron chi connectivity index (χ0n) is 14.7. The van der Waals surface area contributed by atoms with Crippen LogP contribution in [0.3, 0.4) is 0 Å². The van der Waals surface area contributed by atoms with Gasteiger partial charge in [-0.25, -0.2) is 12.4 Å². The maximum absolute atomic E-state index is 12.6. The minimum atomic E-state index is -3.66. The number of carbonyl (C=O) groups is 1. The van der Waals surface area contributed by atoms with Crippen LogP contribution in [-0.2, 0) is 14.8 Å². The monoisotopic (exact) mass is 381 g/mol. The van der Waals surface area contributed by atoms with Gasteiger partial charge < -0.3 is 11.1 Å². The van der Waals surface area contributed by atoms with Crippen molar-refractivity contribution in [3.05, 3.63) is 84.2 Å². The number of nitrogen functional groups attached to an aromatic ring is 1. The van der Waals surface area contributed by atoms with E-state index in [4.69, 9.17) is 5.73 Å². The molecule has 1 heterocycles. The van der Waals surface area contributed by atoms with Crippen molar-refractivity contribution in [3.8, 4) is 0 Å². The van der Waals surface area contributed by atoms with Gasteiger partial charge in [0, 0.05) is 18.5 Å². The molecule has 0 aliphatic heterocycles. The van der Waals surface area contributed by atoms with E-state index in [-0.39, 0.29) is 10.8 Å². The normalized spacial score (nSPS) is 11.6. The van der Waals surface area contributed by atoms with E-state index in [2.05, 4.69) is 5.32 Å². The molecule has 3 N–H and O–H groups in total. The fourth-order valence-corrected chi connectivity index (χ4v) is 3.63. The number of amides is 1. The Kier molecular flexibility index (Phi) is 5.14. The Morgan fingerprint density at radius 1 is 1.07 bits per heavy atom. The second-order valence-corrected chi connectivity index (χ2v) is 7.85. The third kappa shape index (κ3) is 4.27. The molecule has 0 radical (unpaired) electrons. The lowest BCUT2D eigenvalue weighted by atomic mass is 10.2. The zero-order chi connectivity index (χ0) is 19.4. The average Bonchev–Trinajstić information content (AvgIpc) is 3.12. The number of nitrogens with two attached hydrogens (primary N) is 1. The van der Waals surface area contributed by atoms with Crippen molar-refractivity contribution in [2.75, 3.05) is 11.1 Å². The summed E-state index contributed by atoms with van der Waals surface area (Å²) in [7, 11) is -3.66. The second-order valence-electron chi connectivity index (χ2n) is 6.00. The number of aromatic nitrogens is 1. The Bertz CT molecular complexity index is 1100. The Morgan fingerprint density at radius 3 is 2.48 bits per heavy atom. The lowest BCUT2D eigenvalue weighted by Crippen LogP contribution is -2.10. The van der Waals surface area contributed by atoms with E-state index in [0.717, 1.165) is 9.54 Å². The van der Waals surface area contributed by atoms with Gasteiger partial charge in [0.2, 0.25) is 5.91 Å². The minimum absolute atomic E-state index is 0.205. The summed E-state index contributed by atoms with van der Waals surface area (Å²) in [4.78, 5) is 12.2. The number of hydrogen-bond donors (Lipinski definition) is 2. The van der Waals surface area contributed by atoms with E-state index >= 15 is 0 Å².